The van der Waals surface area contributed by atoms with Crippen molar-refractivity contribution in [1.29, 1.82) is 0 Å². The minimum absolute atomic E-state index is 0.106. The predicted molar refractivity (Wildman–Crippen MR) is 163 cm³/mol. The molecule has 0 saturated heterocycles. The zero-order chi connectivity index (χ0) is 31.2. The van der Waals surface area contributed by atoms with Crippen molar-refractivity contribution in [1.82, 2.24) is 28.7 Å². The number of hydrogen-bond acceptors (Lipinski definition) is 7. The van der Waals surface area contributed by atoms with E-state index in [0.29, 0.717) is 43.1 Å². The summed E-state index contributed by atoms with van der Waals surface area (Å²) in [5.41, 5.74) is 0.161. The van der Waals surface area contributed by atoms with Crippen LogP contribution in [0.1, 0.15) is 30.1 Å². The Labute approximate surface area is 251 Å². The van der Waals surface area contributed by atoms with E-state index < -0.39 is 17.1 Å². The number of H-pyrrole nitrogens is 1. The fourth-order valence-electron chi connectivity index (χ4n) is 4.91. The van der Waals surface area contributed by atoms with E-state index in [0.717, 1.165) is 4.57 Å². The number of fused-ring (bicyclic) bond motifs is 1. The Morgan fingerprint density at radius 1 is 1.00 bits per heavy atom. The lowest BCUT2D eigenvalue weighted by Gasteiger charge is -2.22. The lowest BCUT2D eigenvalue weighted by Crippen LogP contribution is -2.41. The maximum atomic E-state index is 13.6. The van der Waals surface area contributed by atoms with Crippen LogP contribution in [-0.4, -0.2) is 54.8 Å². The van der Waals surface area contributed by atoms with Crippen LogP contribution in [0.25, 0.3) is 22.6 Å². The number of ether oxygens (including phenoxy) is 1. The molecule has 5 rings (SSSR count). The van der Waals surface area contributed by atoms with E-state index in [4.69, 9.17) is 4.74 Å². The summed E-state index contributed by atoms with van der Waals surface area (Å²) in [5, 5.41) is 0. The number of aryl methyl sites for hydroxylation is 2. The summed E-state index contributed by atoms with van der Waals surface area (Å²) in [7, 11) is 1.50. The lowest BCUT2D eigenvalue weighted by atomic mass is 10.2. The minimum atomic E-state index is -0.494. The van der Waals surface area contributed by atoms with Gasteiger partial charge in [0, 0.05) is 56.3 Å². The van der Waals surface area contributed by atoms with Crippen LogP contribution in [-0.2, 0) is 24.4 Å². The van der Waals surface area contributed by atoms with E-state index in [-0.39, 0.29) is 47.9 Å². The van der Waals surface area contributed by atoms with Crippen LogP contribution in [0.15, 0.2) is 81.4 Å². The molecule has 13 heteroatoms. The van der Waals surface area contributed by atoms with Crippen LogP contribution in [0, 0.1) is 5.82 Å². The Morgan fingerprint density at radius 3 is 2.48 bits per heavy atom. The summed E-state index contributed by atoms with van der Waals surface area (Å²) in [4.78, 5) is 65.5. The first-order chi connectivity index (χ1) is 21.3. The molecule has 0 bridgehead atoms. The number of methoxy groups -OCH3 is 1. The van der Waals surface area contributed by atoms with E-state index in [1.807, 2.05) is 6.92 Å². The highest BCUT2D eigenvalue weighted by molar-refractivity contribution is 6.05. The van der Waals surface area contributed by atoms with Crippen LogP contribution in [0.3, 0.4) is 0 Å². The summed E-state index contributed by atoms with van der Waals surface area (Å²) < 4.78 is 22.8. The van der Waals surface area contributed by atoms with Crippen molar-refractivity contribution >= 4 is 22.9 Å². The highest BCUT2D eigenvalue weighted by atomic mass is 19.1. The molecule has 0 aliphatic carbocycles. The minimum Gasteiger partial charge on any atom is -0.383 e. The number of imidazole rings is 1. The SMILES string of the molecule is CCCn1c(=O)n(CCOC)c(=O)c2[nH]c(-c3ccc(N(CCCn4ccccc4=O)C(=O)c4ccc(F)cc4)nc3)nc21. The molecule has 44 heavy (non-hydrogen) atoms. The zero-order valence-corrected chi connectivity index (χ0v) is 24.4. The fourth-order valence-corrected chi connectivity index (χ4v) is 4.91. The number of aromatic nitrogens is 6. The van der Waals surface area contributed by atoms with Crippen LogP contribution >= 0.6 is 0 Å². The fraction of sp³-hybridized carbons (Fsp3) is 0.290. The Bertz CT molecular complexity index is 1940. The highest BCUT2D eigenvalue weighted by Gasteiger charge is 2.21. The van der Waals surface area contributed by atoms with Crippen molar-refractivity contribution in [2.45, 2.75) is 39.4 Å². The van der Waals surface area contributed by atoms with E-state index in [2.05, 4.69) is 15.0 Å². The average Bonchev–Trinajstić information content (AvgIpc) is 3.48. The number of nitrogens with zero attached hydrogens (tertiary/aromatic N) is 6. The molecule has 0 aliphatic rings. The lowest BCUT2D eigenvalue weighted by molar-refractivity contribution is 0.0985. The smallest absolute Gasteiger partial charge is 0.332 e. The van der Waals surface area contributed by atoms with Crippen LogP contribution in [0.4, 0.5) is 10.2 Å². The molecule has 0 fully saturated rings. The Balaban J connectivity index is 1.47. The number of halogens is 1. The number of carbonyl (C=O) groups is 1. The third-order valence-corrected chi connectivity index (χ3v) is 7.14. The number of benzene rings is 1. The summed E-state index contributed by atoms with van der Waals surface area (Å²) in [6.07, 6.45) is 4.31. The van der Waals surface area contributed by atoms with E-state index in [1.54, 1.807) is 35.0 Å². The van der Waals surface area contributed by atoms with E-state index in [1.165, 1.54) is 53.1 Å². The monoisotopic (exact) mass is 601 g/mol. The number of anilines is 1. The molecular formula is C31H32FN7O5. The normalized spacial score (nSPS) is 11.2. The molecule has 0 radical (unpaired) electrons. The van der Waals surface area contributed by atoms with Crippen molar-refractivity contribution in [3.63, 3.8) is 0 Å². The van der Waals surface area contributed by atoms with Gasteiger partial charge in [-0.3, -0.25) is 28.4 Å². The maximum Gasteiger partial charge on any atom is 0.332 e. The second-order valence-corrected chi connectivity index (χ2v) is 10.1. The molecule has 0 unspecified atom stereocenters. The molecule has 1 N–H and O–H groups in total. The molecule has 0 saturated carbocycles. The number of amides is 1. The quantitative estimate of drug-likeness (QED) is 0.232. The number of aromatic amines is 1. The van der Waals surface area contributed by atoms with Gasteiger partial charge in [-0.05, 0) is 55.3 Å². The Morgan fingerprint density at radius 2 is 1.80 bits per heavy atom. The first kappa shape index (κ1) is 30.3. The van der Waals surface area contributed by atoms with Gasteiger partial charge in [0.1, 0.15) is 23.0 Å². The molecule has 0 aliphatic heterocycles. The third-order valence-electron chi connectivity index (χ3n) is 7.14. The molecular weight excluding hydrogens is 569 g/mol. The number of carbonyl (C=O) groups excluding carboxylic acids is 1. The zero-order valence-electron chi connectivity index (χ0n) is 24.4. The second kappa shape index (κ2) is 13.4. The van der Waals surface area contributed by atoms with Crippen molar-refractivity contribution in [3.8, 4) is 11.4 Å². The van der Waals surface area contributed by atoms with Gasteiger partial charge in [0.05, 0.1) is 13.2 Å². The van der Waals surface area contributed by atoms with Crippen LogP contribution in [0.5, 0.6) is 0 Å². The van der Waals surface area contributed by atoms with Crippen molar-refractivity contribution in [3.05, 3.63) is 110 Å². The van der Waals surface area contributed by atoms with Gasteiger partial charge in [-0.2, -0.15) is 0 Å². The van der Waals surface area contributed by atoms with Gasteiger partial charge in [0.15, 0.2) is 5.65 Å². The van der Waals surface area contributed by atoms with Crippen molar-refractivity contribution in [2.24, 2.45) is 0 Å². The summed E-state index contributed by atoms with van der Waals surface area (Å²) in [6.45, 7) is 3.23. The molecule has 1 amide bonds. The van der Waals surface area contributed by atoms with Crippen molar-refractivity contribution in [2.75, 3.05) is 25.2 Å². The van der Waals surface area contributed by atoms with Gasteiger partial charge in [-0.15, -0.1) is 0 Å². The summed E-state index contributed by atoms with van der Waals surface area (Å²) in [5.74, 6) is -0.163. The number of pyridine rings is 2. The van der Waals surface area contributed by atoms with Gasteiger partial charge < -0.3 is 14.3 Å². The molecule has 4 aromatic heterocycles. The molecule has 4 heterocycles. The first-order valence-corrected chi connectivity index (χ1v) is 14.2. The van der Waals surface area contributed by atoms with E-state index >= 15 is 0 Å². The Hall–Kier alpha value is -5.17. The topological polar surface area (TPSA) is 137 Å². The largest absolute Gasteiger partial charge is 0.383 e. The third kappa shape index (κ3) is 6.27. The molecule has 228 valence electrons. The van der Waals surface area contributed by atoms with Gasteiger partial charge in [0.25, 0.3) is 11.5 Å². The van der Waals surface area contributed by atoms with Gasteiger partial charge in [-0.25, -0.2) is 19.2 Å². The average molecular weight is 602 g/mol. The first-order valence-electron chi connectivity index (χ1n) is 14.2. The standard InChI is InChI=1S/C31H32FN7O5/c1-3-14-38-28-26(30(42)39(31(38)43)18-19-44-2)34-27(35-28)22-10-13-24(33-20-22)37(29(41)21-8-11-23(32)12-9-21)17-6-16-36-15-5-4-7-25(36)40/h4-5,7-13,15,20H,3,6,14,16-19H2,1-2H3,(H,34,35). The number of hydrogen-bond donors (Lipinski definition) is 1. The molecule has 1 aromatic carbocycles. The molecule has 0 atom stereocenters. The second-order valence-electron chi connectivity index (χ2n) is 10.1. The van der Waals surface area contributed by atoms with E-state index in [9.17, 15) is 23.6 Å². The maximum absolute atomic E-state index is 13.6. The number of nitrogens with one attached hydrogen (secondary N) is 1. The molecule has 0 spiro atoms. The van der Waals surface area contributed by atoms with Gasteiger partial charge >= 0.3 is 5.69 Å². The highest BCUT2D eigenvalue weighted by Crippen LogP contribution is 2.22. The van der Waals surface area contributed by atoms with Gasteiger partial charge in [-0.1, -0.05) is 13.0 Å². The number of rotatable bonds is 12. The summed E-state index contributed by atoms with van der Waals surface area (Å²) >= 11 is 0. The molecule has 12 nitrogen and oxygen atoms in total. The van der Waals surface area contributed by atoms with Crippen molar-refractivity contribution < 1.29 is 13.9 Å². The Kier molecular flexibility index (Phi) is 9.24. The van der Waals surface area contributed by atoms with Crippen LogP contribution in [0.2, 0.25) is 0 Å². The van der Waals surface area contributed by atoms with Gasteiger partial charge in [0.2, 0.25) is 5.56 Å². The summed E-state index contributed by atoms with van der Waals surface area (Å²) in [6, 6.07) is 13.5. The predicted octanol–water partition coefficient (Wildman–Crippen LogP) is 3.04. The molecule has 5 aromatic rings. The van der Waals surface area contributed by atoms with Crippen LogP contribution < -0.4 is 21.7 Å².